The van der Waals surface area contributed by atoms with E-state index in [1.165, 1.54) is 15.3 Å². The van der Waals surface area contributed by atoms with Gasteiger partial charge >= 0.3 is 0 Å². The summed E-state index contributed by atoms with van der Waals surface area (Å²) in [4.78, 5) is 17.9. The number of hydrogen-bond acceptors (Lipinski definition) is 5. The van der Waals surface area contributed by atoms with Crippen LogP contribution >= 0.6 is 22.7 Å². The van der Waals surface area contributed by atoms with Gasteiger partial charge in [-0.15, -0.1) is 22.7 Å². The van der Waals surface area contributed by atoms with Crippen LogP contribution in [0.1, 0.15) is 33.5 Å². The van der Waals surface area contributed by atoms with E-state index < -0.39 is 0 Å². The first-order valence-corrected chi connectivity index (χ1v) is 12.1. The Kier molecular flexibility index (Phi) is 5.66. The highest BCUT2D eigenvalue weighted by molar-refractivity contribution is 7.10. The van der Waals surface area contributed by atoms with Crippen molar-refractivity contribution in [1.29, 1.82) is 0 Å². The van der Waals surface area contributed by atoms with Crippen LogP contribution in [0.2, 0.25) is 0 Å². The number of furan rings is 1. The number of ether oxygens (including phenoxy) is 1. The Bertz CT molecular complexity index is 1160. The fourth-order valence-electron chi connectivity index (χ4n) is 4.14. The van der Waals surface area contributed by atoms with E-state index in [9.17, 15) is 4.79 Å². The van der Waals surface area contributed by atoms with Crippen LogP contribution in [-0.2, 0) is 17.6 Å². The van der Waals surface area contributed by atoms with Crippen molar-refractivity contribution in [2.75, 3.05) is 13.7 Å². The number of methoxy groups -OCH3 is 1. The molecule has 6 heteroatoms. The molecule has 4 nitrogen and oxygen atoms in total. The molecule has 1 amide bonds. The number of rotatable bonds is 6. The summed E-state index contributed by atoms with van der Waals surface area (Å²) in [5.74, 6) is 2.64. The van der Waals surface area contributed by atoms with Gasteiger partial charge in [0.2, 0.25) is 5.91 Å². The van der Waals surface area contributed by atoms with Crippen LogP contribution in [0.4, 0.5) is 0 Å². The Morgan fingerprint density at radius 2 is 1.97 bits per heavy atom. The first kappa shape index (κ1) is 20.1. The van der Waals surface area contributed by atoms with Gasteiger partial charge in [-0.25, -0.2) is 0 Å². The van der Waals surface area contributed by atoms with E-state index in [0.29, 0.717) is 12.8 Å². The third-order valence-corrected chi connectivity index (χ3v) is 7.64. The zero-order valence-corrected chi connectivity index (χ0v) is 18.9. The molecule has 4 aromatic rings. The number of carbonyl (C=O) groups is 1. The minimum Gasteiger partial charge on any atom is -0.497 e. The van der Waals surface area contributed by atoms with Gasteiger partial charge in [0.1, 0.15) is 17.3 Å². The minimum atomic E-state index is 0.0361. The molecule has 1 aliphatic heterocycles. The van der Waals surface area contributed by atoms with Gasteiger partial charge in [0.25, 0.3) is 0 Å². The fraction of sp³-hybridized carbons (Fsp3) is 0.240. The average molecular weight is 450 g/mol. The Hall–Kier alpha value is -2.83. The van der Waals surface area contributed by atoms with Crippen molar-refractivity contribution < 1.29 is 13.9 Å². The summed E-state index contributed by atoms with van der Waals surface area (Å²) in [5.41, 5.74) is 2.28. The first-order valence-electron chi connectivity index (χ1n) is 10.3. The third kappa shape index (κ3) is 4.05. The molecule has 0 N–H and O–H groups in total. The normalized spacial score (nSPS) is 15.6. The van der Waals surface area contributed by atoms with Gasteiger partial charge in [0, 0.05) is 34.7 Å². The van der Waals surface area contributed by atoms with E-state index >= 15 is 0 Å². The molecule has 0 fully saturated rings. The number of carbonyl (C=O) groups excluding carboxylic acids is 1. The van der Waals surface area contributed by atoms with Crippen LogP contribution < -0.4 is 4.74 Å². The largest absolute Gasteiger partial charge is 0.497 e. The highest BCUT2D eigenvalue weighted by Crippen LogP contribution is 2.39. The van der Waals surface area contributed by atoms with E-state index in [1.807, 2.05) is 41.3 Å². The van der Waals surface area contributed by atoms with Crippen molar-refractivity contribution in [2.45, 2.75) is 25.3 Å². The van der Waals surface area contributed by atoms with Gasteiger partial charge in [-0.3, -0.25) is 4.79 Å². The molecule has 0 saturated heterocycles. The molecular formula is C25H23NO3S2. The first-order chi connectivity index (χ1) is 15.2. The monoisotopic (exact) mass is 449 g/mol. The number of hydrogen-bond donors (Lipinski definition) is 0. The van der Waals surface area contributed by atoms with Crippen LogP contribution in [0.25, 0.3) is 11.3 Å². The van der Waals surface area contributed by atoms with Gasteiger partial charge in [0.05, 0.1) is 13.2 Å². The highest BCUT2D eigenvalue weighted by Gasteiger charge is 2.33. The number of aryl methyl sites for hydroxylation is 1. The van der Waals surface area contributed by atoms with Crippen molar-refractivity contribution in [1.82, 2.24) is 4.90 Å². The molecule has 1 unspecified atom stereocenters. The van der Waals surface area contributed by atoms with Gasteiger partial charge in [0.15, 0.2) is 0 Å². The molecule has 3 aromatic heterocycles. The van der Waals surface area contributed by atoms with Crippen LogP contribution in [-0.4, -0.2) is 24.5 Å². The summed E-state index contributed by atoms with van der Waals surface area (Å²) in [6.07, 6.45) is 1.97. The smallest absolute Gasteiger partial charge is 0.223 e. The third-order valence-electron chi connectivity index (χ3n) is 5.72. The molecule has 31 heavy (non-hydrogen) atoms. The molecule has 1 atom stereocenters. The highest BCUT2D eigenvalue weighted by atomic mass is 32.1. The predicted molar refractivity (Wildman–Crippen MR) is 125 cm³/mol. The summed E-state index contributed by atoms with van der Waals surface area (Å²) in [6.45, 7) is 0.768. The zero-order chi connectivity index (χ0) is 21.2. The quantitative estimate of drug-likeness (QED) is 0.353. The number of thiophene rings is 2. The number of amides is 1. The second kappa shape index (κ2) is 8.73. The Labute approximate surface area is 189 Å². The zero-order valence-electron chi connectivity index (χ0n) is 17.2. The summed E-state index contributed by atoms with van der Waals surface area (Å²) < 4.78 is 11.2. The van der Waals surface area contributed by atoms with E-state index in [0.717, 1.165) is 35.8 Å². The Morgan fingerprint density at radius 1 is 1.10 bits per heavy atom. The number of benzene rings is 1. The standard InChI is InChI=1S/C25H23NO3S2/c1-28-18-6-4-17(5-7-18)21-10-8-19(29-21)9-11-24(27)26-14-12-22-20(13-16-31-22)25(26)23-3-2-15-30-23/h2-8,10,13,15-16,25H,9,11-12,14H2,1H3. The lowest BCUT2D eigenvalue weighted by molar-refractivity contribution is -0.133. The Balaban J connectivity index is 1.29. The summed E-state index contributed by atoms with van der Waals surface area (Å²) >= 11 is 3.52. The molecule has 1 aromatic carbocycles. The molecule has 158 valence electrons. The molecular weight excluding hydrogens is 426 g/mol. The van der Waals surface area contributed by atoms with Crippen molar-refractivity contribution in [3.8, 4) is 17.1 Å². The van der Waals surface area contributed by atoms with E-state index in [1.54, 1.807) is 29.8 Å². The van der Waals surface area contributed by atoms with Gasteiger partial charge in [-0.1, -0.05) is 6.07 Å². The minimum absolute atomic E-state index is 0.0361. The second-order valence-corrected chi connectivity index (χ2v) is 9.53. The van der Waals surface area contributed by atoms with Gasteiger partial charge < -0.3 is 14.1 Å². The fourth-order valence-corrected chi connectivity index (χ4v) is 5.89. The van der Waals surface area contributed by atoms with E-state index in [-0.39, 0.29) is 11.9 Å². The maximum Gasteiger partial charge on any atom is 0.223 e. The van der Waals surface area contributed by atoms with E-state index in [2.05, 4.69) is 29.0 Å². The van der Waals surface area contributed by atoms with Crippen molar-refractivity contribution in [3.63, 3.8) is 0 Å². The molecule has 1 aliphatic rings. The van der Waals surface area contributed by atoms with Crippen molar-refractivity contribution >= 4 is 28.6 Å². The van der Waals surface area contributed by atoms with Crippen LogP contribution in [0, 0.1) is 0 Å². The topological polar surface area (TPSA) is 42.7 Å². The lowest BCUT2D eigenvalue weighted by Crippen LogP contribution is -2.39. The van der Waals surface area contributed by atoms with Crippen LogP contribution in [0.5, 0.6) is 5.75 Å². The van der Waals surface area contributed by atoms with Crippen molar-refractivity contribution in [2.24, 2.45) is 0 Å². The summed E-state index contributed by atoms with van der Waals surface area (Å²) in [6, 6.07) is 18.1. The predicted octanol–water partition coefficient (Wildman–Crippen LogP) is 6.19. The summed E-state index contributed by atoms with van der Waals surface area (Å²) in [7, 11) is 1.65. The molecule has 4 heterocycles. The maximum absolute atomic E-state index is 13.2. The van der Waals surface area contributed by atoms with E-state index in [4.69, 9.17) is 9.15 Å². The molecule has 0 saturated carbocycles. The maximum atomic E-state index is 13.2. The van der Waals surface area contributed by atoms with Crippen molar-refractivity contribution in [3.05, 3.63) is 86.4 Å². The summed E-state index contributed by atoms with van der Waals surface area (Å²) in [5, 5.41) is 4.23. The second-order valence-electron chi connectivity index (χ2n) is 7.55. The molecule has 0 spiro atoms. The molecule has 0 aliphatic carbocycles. The molecule has 0 bridgehead atoms. The SMILES string of the molecule is COc1ccc(-c2ccc(CCC(=O)N3CCc4sccc4C3c3cccs3)o2)cc1. The lowest BCUT2D eigenvalue weighted by atomic mass is 9.98. The van der Waals surface area contributed by atoms with Crippen LogP contribution in [0.15, 0.2) is 69.8 Å². The van der Waals surface area contributed by atoms with Gasteiger partial charge in [-0.05, 0) is 71.3 Å². The number of fused-ring (bicyclic) bond motifs is 1. The van der Waals surface area contributed by atoms with Crippen LogP contribution in [0.3, 0.4) is 0 Å². The molecule has 0 radical (unpaired) electrons. The van der Waals surface area contributed by atoms with Gasteiger partial charge in [-0.2, -0.15) is 0 Å². The Morgan fingerprint density at radius 3 is 2.74 bits per heavy atom. The average Bonchev–Trinajstić information content (AvgIpc) is 3.58. The lowest BCUT2D eigenvalue weighted by Gasteiger charge is -2.35. The number of nitrogens with zero attached hydrogens (tertiary/aromatic N) is 1. The molecule has 5 rings (SSSR count).